The Bertz CT molecular complexity index is 788. The summed E-state index contributed by atoms with van der Waals surface area (Å²) in [4.78, 5) is 26.9. The first-order chi connectivity index (χ1) is 12.1. The minimum atomic E-state index is -0.576. The van der Waals surface area contributed by atoms with Crippen molar-refractivity contribution in [1.82, 2.24) is 10.2 Å². The lowest BCUT2D eigenvalue weighted by Crippen LogP contribution is -2.47. The van der Waals surface area contributed by atoms with Crippen LogP contribution in [0.1, 0.15) is 29.7 Å². The molecular formula is C20H22N2O3. The number of methoxy groups -OCH3 is 1. The van der Waals surface area contributed by atoms with E-state index in [0.717, 1.165) is 22.4 Å². The number of carbonyl (C=O) groups excluding carboxylic acids is 2. The largest absolute Gasteiger partial charge is 0.497 e. The van der Waals surface area contributed by atoms with Gasteiger partial charge >= 0.3 is 0 Å². The number of rotatable bonds is 5. The molecule has 1 heterocycles. The van der Waals surface area contributed by atoms with Gasteiger partial charge < -0.3 is 15.0 Å². The number of hydrogen-bond acceptors (Lipinski definition) is 3. The van der Waals surface area contributed by atoms with Crippen LogP contribution in [0.15, 0.2) is 48.5 Å². The summed E-state index contributed by atoms with van der Waals surface area (Å²) in [5.41, 5.74) is 2.79. The van der Waals surface area contributed by atoms with E-state index in [9.17, 15) is 9.59 Å². The van der Waals surface area contributed by atoms with Crippen LogP contribution in [0.2, 0.25) is 0 Å². The Kier molecular flexibility index (Phi) is 5.03. The highest BCUT2D eigenvalue weighted by atomic mass is 16.5. The number of amides is 2. The van der Waals surface area contributed by atoms with Crippen molar-refractivity contribution in [3.05, 3.63) is 65.2 Å². The maximum absolute atomic E-state index is 12.9. The van der Waals surface area contributed by atoms with Gasteiger partial charge in [-0.1, -0.05) is 36.4 Å². The molecule has 1 aliphatic rings. The number of fused-ring (bicyclic) bond motifs is 1. The first-order valence-electron chi connectivity index (χ1n) is 8.42. The second kappa shape index (κ2) is 7.38. The Morgan fingerprint density at radius 2 is 2.04 bits per heavy atom. The predicted octanol–water partition coefficient (Wildman–Crippen LogP) is 2.46. The third-order valence-corrected chi connectivity index (χ3v) is 4.51. The molecule has 0 unspecified atom stereocenters. The van der Waals surface area contributed by atoms with E-state index in [0.29, 0.717) is 19.5 Å². The molecule has 0 aromatic heterocycles. The van der Waals surface area contributed by atoms with E-state index in [4.69, 9.17) is 4.74 Å². The van der Waals surface area contributed by atoms with Crippen molar-refractivity contribution in [2.75, 3.05) is 13.7 Å². The highest BCUT2D eigenvalue weighted by Crippen LogP contribution is 2.30. The van der Waals surface area contributed by atoms with Crippen LogP contribution in [0.5, 0.6) is 5.75 Å². The van der Waals surface area contributed by atoms with Gasteiger partial charge in [0.2, 0.25) is 11.8 Å². The number of likely N-dealkylation sites (N-methyl/N-ethyl adjacent to an activating group) is 1. The quantitative estimate of drug-likeness (QED) is 0.911. The van der Waals surface area contributed by atoms with Crippen LogP contribution in [0, 0.1) is 0 Å². The molecule has 2 aromatic carbocycles. The van der Waals surface area contributed by atoms with Gasteiger partial charge in [-0.2, -0.15) is 0 Å². The Morgan fingerprint density at radius 3 is 2.80 bits per heavy atom. The summed E-state index contributed by atoms with van der Waals surface area (Å²) in [6, 6.07) is 14.6. The van der Waals surface area contributed by atoms with Crippen LogP contribution in [0.4, 0.5) is 0 Å². The van der Waals surface area contributed by atoms with Gasteiger partial charge in [-0.3, -0.25) is 9.59 Å². The lowest BCUT2D eigenvalue weighted by molar-refractivity contribution is -0.141. The summed E-state index contributed by atoms with van der Waals surface area (Å²) in [6.07, 6.45) is 0.351. The number of ether oxygens (including phenoxy) is 1. The summed E-state index contributed by atoms with van der Waals surface area (Å²) in [5, 5.41) is 2.96. The Morgan fingerprint density at radius 1 is 1.24 bits per heavy atom. The summed E-state index contributed by atoms with van der Waals surface area (Å²) in [6.45, 7) is 2.79. The average Bonchev–Trinajstić information content (AvgIpc) is 2.65. The minimum Gasteiger partial charge on any atom is -0.497 e. The third kappa shape index (κ3) is 3.50. The number of nitrogens with one attached hydrogen (secondary N) is 1. The van der Waals surface area contributed by atoms with E-state index in [1.807, 2.05) is 55.5 Å². The fourth-order valence-corrected chi connectivity index (χ4v) is 3.25. The first kappa shape index (κ1) is 17.0. The van der Waals surface area contributed by atoms with Gasteiger partial charge in [0.05, 0.1) is 13.5 Å². The summed E-state index contributed by atoms with van der Waals surface area (Å²) in [7, 11) is 1.61. The maximum atomic E-state index is 12.9. The summed E-state index contributed by atoms with van der Waals surface area (Å²) < 4.78 is 5.21. The van der Waals surface area contributed by atoms with E-state index >= 15 is 0 Å². The number of carbonyl (C=O) groups is 2. The predicted molar refractivity (Wildman–Crippen MR) is 95.1 cm³/mol. The Balaban J connectivity index is 1.80. The van der Waals surface area contributed by atoms with Crippen molar-refractivity contribution < 1.29 is 14.3 Å². The molecule has 130 valence electrons. The molecule has 0 fully saturated rings. The molecule has 1 atom stereocenters. The van der Waals surface area contributed by atoms with Gasteiger partial charge in [0.25, 0.3) is 0 Å². The van der Waals surface area contributed by atoms with Gasteiger partial charge in [0.15, 0.2) is 0 Å². The first-order valence-corrected chi connectivity index (χ1v) is 8.42. The van der Waals surface area contributed by atoms with Crippen molar-refractivity contribution in [3.8, 4) is 5.75 Å². The van der Waals surface area contributed by atoms with E-state index in [1.165, 1.54) is 0 Å². The van der Waals surface area contributed by atoms with Crippen LogP contribution >= 0.6 is 0 Å². The van der Waals surface area contributed by atoms with Crippen molar-refractivity contribution in [1.29, 1.82) is 0 Å². The van der Waals surface area contributed by atoms with Crippen LogP contribution in [0.3, 0.4) is 0 Å². The molecule has 0 radical (unpaired) electrons. The molecule has 0 saturated heterocycles. The highest BCUT2D eigenvalue weighted by molar-refractivity contribution is 5.92. The molecule has 0 saturated carbocycles. The van der Waals surface area contributed by atoms with Crippen molar-refractivity contribution >= 4 is 11.8 Å². The zero-order valence-corrected chi connectivity index (χ0v) is 14.5. The molecule has 2 aromatic rings. The van der Waals surface area contributed by atoms with Crippen LogP contribution in [0.25, 0.3) is 0 Å². The molecule has 0 spiro atoms. The average molecular weight is 338 g/mol. The van der Waals surface area contributed by atoms with Crippen molar-refractivity contribution in [2.45, 2.75) is 25.9 Å². The van der Waals surface area contributed by atoms with Gasteiger partial charge in [-0.15, -0.1) is 0 Å². The van der Waals surface area contributed by atoms with Gasteiger partial charge in [0.1, 0.15) is 11.8 Å². The highest BCUT2D eigenvalue weighted by Gasteiger charge is 2.35. The molecule has 25 heavy (non-hydrogen) atoms. The van der Waals surface area contributed by atoms with Crippen LogP contribution < -0.4 is 10.1 Å². The zero-order chi connectivity index (χ0) is 17.8. The fraction of sp³-hybridized carbons (Fsp3) is 0.300. The van der Waals surface area contributed by atoms with Crippen LogP contribution in [-0.2, 0) is 22.6 Å². The lowest BCUT2D eigenvalue weighted by atomic mass is 9.91. The van der Waals surface area contributed by atoms with Crippen molar-refractivity contribution in [3.63, 3.8) is 0 Å². The number of benzene rings is 2. The molecule has 5 nitrogen and oxygen atoms in total. The topological polar surface area (TPSA) is 58.6 Å². The molecule has 1 aliphatic heterocycles. The van der Waals surface area contributed by atoms with Crippen molar-refractivity contribution in [2.24, 2.45) is 0 Å². The second-order valence-corrected chi connectivity index (χ2v) is 6.03. The van der Waals surface area contributed by atoms with E-state index in [2.05, 4.69) is 5.32 Å². The van der Waals surface area contributed by atoms with E-state index in [1.54, 1.807) is 12.0 Å². The van der Waals surface area contributed by atoms with Gasteiger partial charge in [-0.25, -0.2) is 0 Å². The standard InChI is InChI=1S/C20H22N2O3/c1-3-22-18(23)12-15-8-4-5-10-17(15)19(22)20(24)21-13-14-7-6-9-16(11-14)25-2/h4-11,19H,3,12-13H2,1-2H3,(H,21,24)/t19-/m0/s1. The van der Waals surface area contributed by atoms with E-state index in [-0.39, 0.29) is 11.8 Å². The molecule has 2 amide bonds. The van der Waals surface area contributed by atoms with Crippen LogP contribution in [-0.4, -0.2) is 30.4 Å². The molecule has 5 heteroatoms. The molecular weight excluding hydrogens is 316 g/mol. The maximum Gasteiger partial charge on any atom is 0.247 e. The SMILES string of the molecule is CCN1C(=O)Cc2ccccc2[C@H]1C(=O)NCc1cccc(OC)c1. The van der Waals surface area contributed by atoms with E-state index < -0.39 is 6.04 Å². The summed E-state index contributed by atoms with van der Waals surface area (Å²) >= 11 is 0. The normalized spacial score (nSPS) is 16.3. The third-order valence-electron chi connectivity index (χ3n) is 4.51. The smallest absolute Gasteiger partial charge is 0.247 e. The zero-order valence-electron chi connectivity index (χ0n) is 14.5. The number of nitrogens with zero attached hydrogens (tertiary/aromatic N) is 1. The monoisotopic (exact) mass is 338 g/mol. The Hall–Kier alpha value is -2.82. The molecule has 0 aliphatic carbocycles. The molecule has 1 N–H and O–H groups in total. The molecule has 3 rings (SSSR count). The fourth-order valence-electron chi connectivity index (χ4n) is 3.25. The minimum absolute atomic E-state index is 0.0114. The van der Waals surface area contributed by atoms with Gasteiger partial charge in [0, 0.05) is 13.1 Å². The number of hydrogen-bond donors (Lipinski definition) is 1. The second-order valence-electron chi connectivity index (χ2n) is 6.03. The van der Waals surface area contributed by atoms with Gasteiger partial charge in [-0.05, 0) is 35.7 Å². The Labute approximate surface area is 147 Å². The molecule has 0 bridgehead atoms. The lowest BCUT2D eigenvalue weighted by Gasteiger charge is -2.35. The summed E-state index contributed by atoms with van der Waals surface area (Å²) in [5.74, 6) is 0.577.